The fraction of sp³-hybridized carbons (Fsp3) is 0.286. The van der Waals surface area contributed by atoms with Gasteiger partial charge in [0.1, 0.15) is 11.0 Å². The van der Waals surface area contributed by atoms with Crippen LogP contribution in [0.25, 0.3) is 0 Å². The quantitative estimate of drug-likeness (QED) is 0.778. The number of benzene rings is 2. The van der Waals surface area contributed by atoms with Gasteiger partial charge in [-0.1, -0.05) is 42.1 Å². The number of carbonyl (C=O) groups is 2. The first-order valence-corrected chi connectivity index (χ1v) is 10.00. The van der Waals surface area contributed by atoms with Crippen molar-refractivity contribution in [3.63, 3.8) is 0 Å². The molecule has 1 unspecified atom stereocenters. The molecule has 1 fully saturated rings. The van der Waals surface area contributed by atoms with Crippen molar-refractivity contribution in [2.75, 3.05) is 13.7 Å². The van der Waals surface area contributed by atoms with Gasteiger partial charge in [0.2, 0.25) is 11.8 Å². The second-order valence-electron chi connectivity index (χ2n) is 6.27. The molecular formula is C21H23N3O3S. The minimum absolute atomic E-state index is 0.0904. The molecular weight excluding hydrogens is 374 g/mol. The number of hydrogen-bond donors (Lipinski definition) is 1. The number of aliphatic imine (C=N–C) groups is 1. The fourth-order valence-electron chi connectivity index (χ4n) is 2.84. The molecule has 146 valence electrons. The maximum Gasteiger partial charge on any atom is 0.242 e. The first-order chi connectivity index (χ1) is 13.6. The number of nitrogens with zero attached hydrogens (tertiary/aromatic N) is 2. The van der Waals surface area contributed by atoms with E-state index in [0.29, 0.717) is 18.3 Å². The smallest absolute Gasteiger partial charge is 0.242 e. The van der Waals surface area contributed by atoms with E-state index in [4.69, 9.17) is 4.74 Å². The fourth-order valence-corrected chi connectivity index (χ4v) is 4.00. The van der Waals surface area contributed by atoms with E-state index in [2.05, 4.69) is 10.3 Å². The van der Waals surface area contributed by atoms with Crippen molar-refractivity contribution in [1.29, 1.82) is 0 Å². The maximum absolute atomic E-state index is 13.0. The van der Waals surface area contributed by atoms with Crippen molar-refractivity contribution < 1.29 is 14.3 Å². The van der Waals surface area contributed by atoms with Crippen molar-refractivity contribution in [2.24, 2.45) is 4.99 Å². The van der Waals surface area contributed by atoms with Gasteiger partial charge in [0, 0.05) is 13.0 Å². The second-order valence-corrected chi connectivity index (χ2v) is 7.44. The minimum Gasteiger partial charge on any atom is -0.497 e. The second kappa shape index (κ2) is 9.41. The average Bonchev–Trinajstić information content (AvgIpc) is 2.98. The van der Waals surface area contributed by atoms with Crippen molar-refractivity contribution in [2.45, 2.75) is 25.1 Å². The van der Waals surface area contributed by atoms with Crippen molar-refractivity contribution in [1.82, 2.24) is 10.2 Å². The van der Waals surface area contributed by atoms with E-state index in [1.54, 1.807) is 12.0 Å². The molecule has 3 rings (SSSR count). The van der Waals surface area contributed by atoms with Crippen molar-refractivity contribution in [3.05, 3.63) is 60.2 Å². The first-order valence-electron chi connectivity index (χ1n) is 9.12. The number of carbonyl (C=O) groups excluding carboxylic acids is 2. The lowest BCUT2D eigenvalue weighted by Gasteiger charge is -2.16. The zero-order chi connectivity index (χ0) is 19.9. The summed E-state index contributed by atoms with van der Waals surface area (Å²) >= 11 is 1.34. The van der Waals surface area contributed by atoms with Crippen LogP contribution in [0.2, 0.25) is 0 Å². The van der Waals surface area contributed by atoms with Crippen LogP contribution in [0.3, 0.4) is 0 Å². The Labute approximate surface area is 169 Å². The average molecular weight is 398 g/mol. The molecule has 2 amide bonds. The van der Waals surface area contributed by atoms with Gasteiger partial charge in [0.05, 0.1) is 19.3 Å². The summed E-state index contributed by atoms with van der Waals surface area (Å²) in [5.74, 6) is 0.528. The van der Waals surface area contributed by atoms with Gasteiger partial charge in [0.15, 0.2) is 5.17 Å². The number of hydrogen-bond acceptors (Lipinski definition) is 5. The molecule has 0 spiro atoms. The molecule has 0 aromatic heterocycles. The molecule has 0 aliphatic carbocycles. The molecule has 0 bridgehead atoms. The summed E-state index contributed by atoms with van der Waals surface area (Å²) in [6.07, 6.45) is 0.143. The highest BCUT2D eigenvalue weighted by molar-refractivity contribution is 8.15. The SMILES string of the molecule is CCNC(=O)CC1SC(=Nc2ccc(OC)cc2)N(Cc2ccccc2)C1=O. The number of rotatable bonds is 7. The number of amides is 2. The van der Waals surface area contributed by atoms with E-state index in [1.807, 2.05) is 61.5 Å². The number of thioether (sulfide) groups is 1. The summed E-state index contributed by atoms with van der Waals surface area (Å²) in [6.45, 7) is 2.83. The Morgan fingerprint density at radius 2 is 1.89 bits per heavy atom. The van der Waals surface area contributed by atoms with Crippen LogP contribution in [0.15, 0.2) is 59.6 Å². The molecule has 1 N–H and O–H groups in total. The Morgan fingerprint density at radius 1 is 1.18 bits per heavy atom. The Balaban J connectivity index is 1.85. The maximum atomic E-state index is 13.0. The van der Waals surface area contributed by atoms with Crippen LogP contribution in [0.4, 0.5) is 5.69 Å². The van der Waals surface area contributed by atoms with E-state index in [0.717, 1.165) is 17.0 Å². The molecule has 28 heavy (non-hydrogen) atoms. The number of nitrogens with one attached hydrogen (secondary N) is 1. The molecule has 0 radical (unpaired) electrons. The molecule has 0 saturated carbocycles. The molecule has 1 atom stereocenters. The third kappa shape index (κ3) is 4.92. The molecule has 6 nitrogen and oxygen atoms in total. The van der Waals surface area contributed by atoms with E-state index < -0.39 is 5.25 Å². The summed E-state index contributed by atoms with van der Waals surface area (Å²) < 4.78 is 5.18. The number of methoxy groups -OCH3 is 1. The largest absolute Gasteiger partial charge is 0.497 e. The van der Waals surface area contributed by atoms with Crippen molar-refractivity contribution >= 4 is 34.4 Å². The number of ether oxygens (including phenoxy) is 1. The Hall–Kier alpha value is -2.80. The third-order valence-electron chi connectivity index (χ3n) is 4.25. The van der Waals surface area contributed by atoms with Gasteiger partial charge in [-0.15, -0.1) is 0 Å². The highest BCUT2D eigenvalue weighted by atomic mass is 32.2. The van der Waals surface area contributed by atoms with E-state index >= 15 is 0 Å². The van der Waals surface area contributed by atoms with Gasteiger partial charge in [-0.25, -0.2) is 4.99 Å². The first kappa shape index (κ1) is 19.9. The van der Waals surface area contributed by atoms with Crippen LogP contribution < -0.4 is 10.1 Å². The van der Waals surface area contributed by atoms with Gasteiger partial charge in [0.25, 0.3) is 0 Å². The summed E-state index contributed by atoms with van der Waals surface area (Å²) in [5, 5.41) is 2.90. The minimum atomic E-state index is -0.465. The zero-order valence-corrected chi connectivity index (χ0v) is 16.7. The third-order valence-corrected chi connectivity index (χ3v) is 5.42. The predicted molar refractivity (Wildman–Crippen MR) is 112 cm³/mol. The zero-order valence-electron chi connectivity index (χ0n) is 15.9. The van der Waals surface area contributed by atoms with E-state index in [1.165, 1.54) is 11.8 Å². The Bertz CT molecular complexity index is 853. The topological polar surface area (TPSA) is 71.0 Å². The van der Waals surface area contributed by atoms with Gasteiger partial charge in [-0.3, -0.25) is 14.5 Å². The van der Waals surface area contributed by atoms with Gasteiger partial charge >= 0.3 is 0 Å². The predicted octanol–water partition coefficient (Wildman–Crippen LogP) is 3.35. The van der Waals surface area contributed by atoms with Gasteiger partial charge < -0.3 is 10.1 Å². The summed E-state index contributed by atoms with van der Waals surface area (Å²) in [4.78, 5) is 31.3. The van der Waals surface area contributed by atoms with Crippen LogP contribution in [0.5, 0.6) is 5.75 Å². The molecule has 2 aromatic rings. The standard InChI is InChI=1S/C21H23N3O3S/c1-3-22-19(25)13-18-20(26)24(14-15-7-5-4-6-8-15)21(28-18)23-16-9-11-17(27-2)12-10-16/h4-12,18H,3,13-14H2,1-2H3,(H,22,25). The van der Waals surface area contributed by atoms with Crippen LogP contribution in [0, 0.1) is 0 Å². The van der Waals surface area contributed by atoms with Crippen molar-refractivity contribution in [3.8, 4) is 5.75 Å². The highest BCUT2D eigenvalue weighted by Gasteiger charge is 2.39. The van der Waals surface area contributed by atoms with Crippen LogP contribution in [0.1, 0.15) is 18.9 Å². The summed E-state index contributed by atoms with van der Waals surface area (Å²) in [5.41, 5.74) is 1.74. The normalized spacial score (nSPS) is 17.8. The lowest BCUT2D eigenvalue weighted by atomic mass is 10.2. The van der Waals surface area contributed by atoms with Gasteiger partial charge in [-0.05, 0) is 36.8 Å². The lowest BCUT2D eigenvalue weighted by Crippen LogP contribution is -2.34. The molecule has 7 heteroatoms. The molecule has 2 aromatic carbocycles. The Kier molecular flexibility index (Phi) is 6.71. The molecule has 1 aliphatic heterocycles. The Morgan fingerprint density at radius 3 is 2.54 bits per heavy atom. The van der Waals surface area contributed by atoms with Crippen LogP contribution in [-0.4, -0.2) is 40.8 Å². The number of amidine groups is 1. The van der Waals surface area contributed by atoms with Crippen LogP contribution >= 0.6 is 11.8 Å². The lowest BCUT2D eigenvalue weighted by molar-refractivity contribution is -0.129. The van der Waals surface area contributed by atoms with E-state index in [9.17, 15) is 9.59 Å². The molecule has 1 heterocycles. The highest BCUT2D eigenvalue weighted by Crippen LogP contribution is 2.33. The van der Waals surface area contributed by atoms with E-state index in [-0.39, 0.29) is 18.2 Å². The molecule has 1 saturated heterocycles. The molecule has 1 aliphatic rings. The van der Waals surface area contributed by atoms with Crippen LogP contribution in [-0.2, 0) is 16.1 Å². The summed E-state index contributed by atoms with van der Waals surface area (Å²) in [7, 11) is 1.61. The monoisotopic (exact) mass is 397 g/mol. The summed E-state index contributed by atoms with van der Waals surface area (Å²) in [6, 6.07) is 17.1. The van der Waals surface area contributed by atoms with Gasteiger partial charge in [-0.2, -0.15) is 0 Å².